The molecule has 1 atom stereocenters. The lowest BCUT2D eigenvalue weighted by molar-refractivity contribution is 0.0696. The SMILES string of the molecule is C=C1CC=C(CC(c2ccc(COc3ccc(C(C)=O)c(O)c3CCC)cc2)c2cc3c(c(C(=O)O)c2)C3)C1. The predicted octanol–water partition coefficient (Wildman–Crippen LogP) is 7.53. The van der Waals surface area contributed by atoms with E-state index in [1.165, 1.54) is 18.1 Å². The number of fused-ring (bicyclic) bond motifs is 1. The zero-order chi connectivity index (χ0) is 27.7. The normalized spacial score (nSPS) is 14.5. The lowest BCUT2D eigenvalue weighted by Gasteiger charge is -2.20. The maximum Gasteiger partial charge on any atom is 0.335 e. The van der Waals surface area contributed by atoms with Gasteiger partial charge in [-0.3, -0.25) is 4.79 Å². The van der Waals surface area contributed by atoms with Gasteiger partial charge in [0.1, 0.15) is 18.1 Å². The quantitative estimate of drug-likeness (QED) is 0.157. The third-order valence-corrected chi connectivity index (χ3v) is 7.76. The van der Waals surface area contributed by atoms with Gasteiger partial charge in [0.15, 0.2) is 5.78 Å². The molecule has 0 saturated heterocycles. The number of ketones is 1. The fourth-order valence-electron chi connectivity index (χ4n) is 5.58. The minimum Gasteiger partial charge on any atom is -0.507 e. The number of carboxylic acids is 1. The molecule has 3 aromatic rings. The Labute approximate surface area is 229 Å². The van der Waals surface area contributed by atoms with E-state index in [4.69, 9.17) is 4.74 Å². The standard InChI is InChI=1S/C34H34O5/c1-4-5-28-32(13-12-27(21(3)35)33(28)36)39-19-22-8-10-24(11-9-22)29(15-23-7-6-20(2)14-23)25-16-26-17-30(26)31(18-25)34(37)38/h7-13,16,18,29,36H,2,4-6,14-15,17,19H2,1,3H3,(H,37,38). The molecule has 0 radical (unpaired) electrons. The maximum absolute atomic E-state index is 11.9. The van der Waals surface area contributed by atoms with Crippen LogP contribution in [-0.2, 0) is 19.4 Å². The van der Waals surface area contributed by atoms with Crippen molar-refractivity contribution in [2.24, 2.45) is 0 Å². The summed E-state index contributed by atoms with van der Waals surface area (Å²) in [4.78, 5) is 23.7. The number of ether oxygens (including phenoxy) is 1. The number of aromatic carboxylic acids is 1. The molecular weight excluding hydrogens is 488 g/mol. The van der Waals surface area contributed by atoms with Crippen molar-refractivity contribution < 1.29 is 24.5 Å². The molecule has 3 aromatic carbocycles. The van der Waals surface area contributed by atoms with Crippen molar-refractivity contribution in [2.75, 3.05) is 0 Å². The summed E-state index contributed by atoms with van der Waals surface area (Å²) >= 11 is 0. The van der Waals surface area contributed by atoms with Gasteiger partial charge in [-0.2, -0.15) is 0 Å². The smallest absolute Gasteiger partial charge is 0.335 e. The summed E-state index contributed by atoms with van der Waals surface area (Å²) in [6, 6.07) is 15.7. The predicted molar refractivity (Wildman–Crippen MR) is 152 cm³/mol. The molecule has 0 aliphatic heterocycles. The minimum atomic E-state index is -0.866. The van der Waals surface area contributed by atoms with Crippen LogP contribution in [0, 0.1) is 0 Å². The van der Waals surface area contributed by atoms with Crippen molar-refractivity contribution in [3.63, 3.8) is 0 Å². The van der Waals surface area contributed by atoms with Gasteiger partial charge in [-0.25, -0.2) is 4.79 Å². The number of benzene rings is 3. The molecule has 0 saturated carbocycles. The van der Waals surface area contributed by atoms with Gasteiger partial charge in [-0.05, 0) is 85.0 Å². The average Bonchev–Trinajstić information content (AvgIpc) is 3.58. The molecule has 1 unspecified atom stereocenters. The van der Waals surface area contributed by atoms with E-state index in [0.717, 1.165) is 59.9 Å². The van der Waals surface area contributed by atoms with E-state index in [1.54, 1.807) is 12.1 Å². The Balaban J connectivity index is 1.38. The van der Waals surface area contributed by atoms with Crippen LogP contribution >= 0.6 is 0 Å². The number of phenolic OH excluding ortho intramolecular Hbond substituents is 1. The first-order valence-electron chi connectivity index (χ1n) is 13.6. The molecular formula is C34H34O5. The van der Waals surface area contributed by atoms with Crippen molar-refractivity contribution in [3.05, 3.63) is 117 Å². The summed E-state index contributed by atoms with van der Waals surface area (Å²) in [7, 11) is 0. The van der Waals surface area contributed by atoms with Crippen molar-refractivity contribution in [1.29, 1.82) is 0 Å². The van der Waals surface area contributed by atoms with Crippen LogP contribution in [0.2, 0.25) is 0 Å². The van der Waals surface area contributed by atoms with Crippen LogP contribution in [0.3, 0.4) is 0 Å². The summed E-state index contributed by atoms with van der Waals surface area (Å²) in [5, 5.41) is 20.4. The molecule has 0 aromatic heterocycles. The Hall–Kier alpha value is -4.12. The topological polar surface area (TPSA) is 83.8 Å². The molecule has 200 valence electrons. The molecule has 0 amide bonds. The first kappa shape index (κ1) is 26.5. The number of Topliss-reactive ketones (excluding diaryl/α,β-unsaturated/α-hetero) is 1. The molecule has 5 nitrogen and oxygen atoms in total. The second kappa shape index (κ2) is 10.9. The van der Waals surface area contributed by atoms with Gasteiger partial charge >= 0.3 is 5.97 Å². The summed E-state index contributed by atoms with van der Waals surface area (Å²) in [6.45, 7) is 7.93. The van der Waals surface area contributed by atoms with Gasteiger partial charge < -0.3 is 14.9 Å². The van der Waals surface area contributed by atoms with Crippen LogP contribution in [0.1, 0.15) is 99.5 Å². The number of hydrogen-bond donors (Lipinski definition) is 2. The van der Waals surface area contributed by atoms with Gasteiger partial charge in [-0.1, -0.05) is 67.5 Å². The van der Waals surface area contributed by atoms with Crippen LogP contribution in [0.15, 0.2) is 72.3 Å². The van der Waals surface area contributed by atoms with E-state index in [-0.39, 0.29) is 17.5 Å². The highest BCUT2D eigenvalue weighted by molar-refractivity contribution is 5.97. The zero-order valence-electron chi connectivity index (χ0n) is 22.5. The molecule has 0 fully saturated rings. The number of aromatic hydroxyl groups is 1. The average molecular weight is 523 g/mol. The van der Waals surface area contributed by atoms with Crippen molar-refractivity contribution >= 4 is 11.8 Å². The Kier molecular flexibility index (Phi) is 7.42. The lowest BCUT2D eigenvalue weighted by atomic mass is 9.84. The molecule has 39 heavy (non-hydrogen) atoms. The van der Waals surface area contributed by atoms with Crippen molar-refractivity contribution in [1.82, 2.24) is 0 Å². The maximum atomic E-state index is 11.9. The second-order valence-corrected chi connectivity index (χ2v) is 10.7. The third-order valence-electron chi connectivity index (χ3n) is 7.76. The highest BCUT2D eigenvalue weighted by Gasteiger charge is 2.29. The Bertz CT molecular complexity index is 1490. The lowest BCUT2D eigenvalue weighted by Crippen LogP contribution is -2.06. The summed E-state index contributed by atoms with van der Waals surface area (Å²) < 4.78 is 6.11. The van der Waals surface area contributed by atoms with Crippen molar-refractivity contribution in [3.8, 4) is 11.5 Å². The molecule has 2 N–H and O–H groups in total. The summed E-state index contributed by atoms with van der Waals surface area (Å²) in [5.41, 5.74) is 9.19. The van der Waals surface area contributed by atoms with Crippen LogP contribution in [0.5, 0.6) is 11.5 Å². The fourth-order valence-corrected chi connectivity index (χ4v) is 5.58. The van der Waals surface area contributed by atoms with Gasteiger partial charge in [-0.15, -0.1) is 0 Å². The van der Waals surface area contributed by atoms with Gasteiger partial charge in [0, 0.05) is 11.5 Å². The summed E-state index contributed by atoms with van der Waals surface area (Å²) in [6.07, 6.45) is 7.08. The highest BCUT2D eigenvalue weighted by Crippen LogP contribution is 2.41. The Morgan fingerprint density at radius 2 is 1.79 bits per heavy atom. The Morgan fingerprint density at radius 3 is 2.44 bits per heavy atom. The first-order valence-corrected chi connectivity index (χ1v) is 13.6. The number of carbonyl (C=O) groups excluding carboxylic acids is 1. The number of rotatable bonds is 11. The molecule has 5 rings (SSSR count). The number of carbonyl (C=O) groups is 2. The monoisotopic (exact) mass is 522 g/mol. The molecule has 5 heteroatoms. The van der Waals surface area contributed by atoms with E-state index in [2.05, 4.69) is 30.9 Å². The van der Waals surface area contributed by atoms with Gasteiger partial charge in [0.05, 0.1) is 11.1 Å². The van der Waals surface area contributed by atoms with Gasteiger partial charge in [0.25, 0.3) is 0 Å². The molecule has 0 bridgehead atoms. The molecule has 0 heterocycles. The van der Waals surface area contributed by atoms with Crippen LogP contribution < -0.4 is 4.74 Å². The fraction of sp³-hybridized carbons (Fsp3) is 0.294. The molecule has 2 aliphatic rings. The first-order chi connectivity index (χ1) is 18.7. The zero-order valence-corrected chi connectivity index (χ0v) is 22.5. The van der Waals surface area contributed by atoms with Crippen molar-refractivity contribution in [2.45, 2.75) is 64.9 Å². The molecule has 0 spiro atoms. The van der Waals surface area contributed by atoms with Crippen LogP contribution in [0.4, 0.5) is 0 Å². The van der Waals surface area contributed by atoms with E-state index in [0.29, 0.717) is 35.5 Å². The van der Waals surface area contributed by atoms with Crippen LogP contribution in [0.25, 0.3) is 0 Å². The van der Waals surface area contributed by atoms with E-state index < -0.39 is 5.97 Å². The number of phenols is 1. The second-order valence-electron chi connectivity index (χ2n) is 10.7. The highest BCUT2D eigenvalue weighted by atomic mass is 16.5. The third kappa shape index (κ3) is 5.68. The number of allylic oxidation sites excluding steroid dienone is 3. The number of hydrogen-bond acceptors (Lipinski definition) is 4. The summed E-state index contributed by atoms with van der Waals surface area (Å²) in [5.74, 6) is -0.398. The minimum absolute atomic E-state index is 0.00687. The van der Waals surface area contributed by atoms with E-state index >= 15 is 0 Å². The Morgan fingerprint density at radius 1 is 1.03 bits per heavy atom. The van der Waals surface area contributed by atoms with E-state index in [1.807, 2.05) is 25.1 Å². The van der Waals surface area contributed by atoms with E-state index in [9.17, 15) is 19.8 Å². The van der Waals surface area contributed by atoms with Crippen LogP contribution in [-0.4, -0.2) is 22.0 Å². The van der Waals surface area contributed by atoms with Gasteiger partial charge in [0.2, 0.25) is 0 Å². The molecule has 2 aliphatic carbocycles. The largest absolute Gasteiger partial charge is 0.507 e. The number of carboxylic acid groups (broad SMARTS) is 1.